The molecule has 31 heavy (non-hydrogen) atoms. The highest BCUT2D eigenvalue weighted by atomic mass is 16.7. The second-order valence-electron chi connectivity index (χ2n) is 8.56. The van der Waals surface area contributed by atoms with E-state index < -0.39 is 6.10 Å². The first-order valence-corrected chi connectivity index (χ1v) is 10.6. The van der Waals surface area contributed by atoms with Crippen LogP contribution in [0.3, 0.4) is 0 Å². The van der Waals surface area contributed by atoms with Gasteiger partial charge in [-0.2, -0.15) is 0 Å². The number of Topliss-reactive ketones (excluding diaryl/α,β-unsaturated/α-hetero) is 1. The van der Waals surface area contributed by atoms with Gasteiger partial charge in [-0.1, -0.05) is 29.4 Å². The first-order valence-electron chi connectivity index (χ1n) is 10.6. The number of ketones is 1. The molecule has 0 saturated heterocycles. The molecule has 5 heteroatoms. The number of rotatable bonds is 5. The second kappa shape index (κ2) is 8.50. The summed E-state index contributed by atoms with van der Waals surface area (Å²) >= 11 is 0. The van der Waals surface area contributed by atoms with Gasteiger partial charge in [0.1, 0.15) is 17.6 Å². The third-order valence-corrected chi connectivity index (χ3v) is 5.57. The van der Waals surface area contributed by atoms with Crippen LogP contribution in [0.25, 0.3) is 0 Å². The van der Waals surface area contributed by atoms with E-state index in [4.69, 9.17) is 14.2 Å². The van der Waals surface area contributed by atoms with Crippen LogP contribution in [0.2, 0.25) is 0 Å². The Morgan fingerprint density at radius 3 is 2.48 bits per heavy atom. The van der Waals surface area contributed by atoms with Gasteiger partial charge in [0.25, 0.3) is 0 Å². The Hall–Kier alpha value is -3.21. The summed E-state index contributed by atoms with van der Waals surface area (Å²) in [4.78, 5) is 13.1. The molecule has 162 valence electrons. The summed E-state index contributed by atoms with van der Waals surface area (Å²) in [5.41, 5.74) is 5.10. The summed E-state index contributed by atoms with van der Waals surface area (Å²) in [7, 11) is 0. The van der Waals surface area contributed by atoms with Crippen LogP contribution in [-0.4, -0.2) is 17.7 Å². The molecule has 0 spiro atoms. The average molecular weight is 421 g/mol. The van der Waals surface area contributed by atoms with Crippen molar-refractivity contribution in [1.29, 1.82) is 0 Å². The second-order valence-corrected chi connectivity index (χ2v) is 8.56. The van der Waals surface area contributed by atoms with Gasteiger partial charge in [-0.25, -0.2) is 0 Å². The number of fused-ring (bicyclic) bond motifs is 2. The number of carbonyl (C=O) groups is 1. The molecule has 0 radical (unpaired) electrons. The Morgan fingerprint density at radius 2 is 1.74 bits per heavy atom. The molecule has 0 fully saturated rings. The van der Waals surface area contributed by atoms with Crippen LogP contribution in [0.15, 0.2) is 47.6 Å². The monoisotopic (exact) mass is 420 g/mol. The van der Waals surface area contributed by atoms with Crippen molar-refractivity contribution < 1.29 is 24.1 Å². The SMILES string of the molecule is CC(C)=CCc1cc2c(c(CC=C(C)C)c1O)O[C@H](c1ccc3c(c1)OCO3)CC2=O. The number of hydrogen-bond donors (Lipinski definition) is 1. The Bertz CT molecular complexity index is 1090. The third-order valence-electron chi connectivity index (χ3n) is 5.57. The van der Waals surface area contributed by atoms with Crippen molar-refractivity contribution in [3.8, 4) is 23.0 Å². The van der Waals surface area contributed by atoms with Gasteiger partial charge in [-0.3, -0.25) is 4.79 Å². The molecule has 0 amide bonds. The maximum atomic E-state index is 13.1. The van der Waals surface area contributed by atoms with Crippen molar-refractivity contribution in [1.82, 2.24) is 0 Å². The molecule has 1 atom stereocenters. The summed E-state index contributed by atoms with van der Waals surface area (Å²) in [6.45, 7) is 8.25. The maximum absolute atomic E-state index is 13.1. The van der Waals surface area contributed by atoms with Crippen molar-refractivity contribution in [3.63, 3.8) is 0 Å². The molecule has 5 nitrogen and oxygen atoms in total. The Labute approximate surface area is 183 Å². The van der Waals surface area contributed by atoms with Crippen molar-refractivity contribution in [2.24, 2.45) is 0 Å². The zero-order valence-corrected chi connectivity index (χ0v) is 18.5. The fourth-order valence-electron chi connectivity index (χ4n) is 3.84. The minimum Gasteiger partial charge on any atom is -0.507 e. The van der Waals surface area contributed by atoms with E-state index >= 15 is 0 Å². The molecule has 0 bridgehead atoms. The predicted octanol–water partition coefficient (Wildman–Crippen LogP) is 5.84. The molecule has 0 saturated carbocycles. The molecule has 0 unspecified atom stereocenters. The van der Waals surface area contributed by atoms with Gasteiger partial charge in [0.15, 0.2) is 17.3 Å². The van der Waals surface area contributed by atoms with E-state index in [9.17, 15) is 9.90 Å². The van der Waals surface area contributed by atoms with Crippen LogP contribution >= 0.6 is 0 Å². The molecular formula is C26H28O5. The van der Waals surface area contributed by atoms with Gasteiger partial charge in [-0.15, -0.1) is 0 Å². The zero-order valence-electron chi connectivity index (χ0n) is 18.5. The largest absolute Gasteiger partial charge is 0.507 e. The number of benzene rings is 2. The molecule has 2 aromatic rings. The van der Waals surface area contributed by atoms with Crippen molar-refractivity contribution in [2.45, 2.75) is 53.1 Å². The minimum absolute atomic E-state index is 0.0146. The lowest BCUT2D eigenvalue weighted by Gasteiger charge is -2.28. The van der Waals surface area contributed by atoms with Crippen LogP contribution in [-0.2, 0) is 12.8 Å². The molecule has 4 rings (SSSR count). The molecule has 2 heterocycles. The molecule has 2 aliphatic heterocycles. The number of phenols is 1. The first kappa shape index (κ1) is 21.0. The van der Waals surface area contributed by atoms with Gasteiger partial charge in [0.05, 0.1) is 12.0 Å². The molecule has 2 aliphatic rings. The lowest BCUT2D eigenvalue weighted by atomic mass is 9.90. The van der Waals surface area contributed by atoms with Gasteiger partial charge < -0.3 is 19.3 Å². The topological polar surface area (TPSA) is 65.0 Å². The molecular weight excluding hydrogens is 392 g/mol. The van der Waals surface area contributed by atoms with E-state index in [-0.39, 0.29) is 24.7 Å². The zero-order chi connectivity index (χ0) is 22.1. The summed E-state index contributed by atoms with van der Waals surface area (Å²) in [5, 5.41) is 11.1. The number of phenolic OH excluding ortho intramolecular Hbond substituents is 1. The number of carbonyl (C=O) groups excluding carboxylic acids is 1. The standard InChI is InChI=1S/C26H28O5/c1-15(2)5-7-18-11-20-21(27)13-23(17-8-10-22-24(12-17)30-14-29-22)31-26(20)19(25(18)28)9-6-16(3)4/h5-6,8,10-12,23,28H,7,9,13-14H2,1-4H3/t23-/m0/s1. The molecule has 0 aromatic heterocycles. The van der Waals surface area contributed by atoms with Gasteiger partial charge in [0.2, 0.25) is 6.79 Å². The highest BCUT2D eigenvalue weighted by Gasteiger charge is 2.32. The summed E-state index contributed by atoms with van der Waals surface area (Å²) in [6, 6.07) is 7.39. The molecule has 2 aromatic carbocycles. The van der Waals surface area contributed by atoms with E-state index in [1.807, 2.05) is 52.0 Å². The van der Waals surface area contributed by atoms with Crippen LogP contribution in [0, 0.1) is 0 Å². The predicted molar refractivity (Wildman–Crippen MR) is 119 cm³/mol. The van der Waals surface area contributed by atoms with Crippen molar-refractivity contribution in [3.05, 3.63) is 69.8 Å². The van der Waals surface area contributed by atoms with Crippen LogP contribution in [0.5, 0.6) is 23.0 Å². The maximum Gasteiger partial charge on any atom is 0.231 e. The van der Waals surface area contributed by atoms with Gasteiger partial charge in [0, 0.05) is 5.56 Å². The smallest absolute Gasteiger partial charge is 0.231 e. The van der Waals surface area contributed by atoms with Crippen molar-refractivity contribution in [2.75, 3.05) is 6.79 Å². The first-order chi connectivity index (χ1) is 14.8. The van der Waals surface area contributed by atoms with Gasteiger partial charge >= 0.3 is 0 Å². The van der Waals surface area contributed by atoms with E-state index in [0.29, 0.717) is 41.2 Å². The minimum atomic E-state index is -0.442. The lowest BCUT2D eigenvalue weighted by molar-refractivity contribution is 0.0846. The molecule has 0 aliphatic carbocycles. The number of ether oxygens (including phenoxy) is 3. The average Bonchev–Trinajstić information content (AvgIpc) is 3.19. The number of allylic oxidation sites excluding steroid dienone is 4. The summed E-state index contributed by atoms with van der Waals surface area (Å²) in [6.07, 6.45) is 4.96. The Morgan fingerprint density at radius 1 is 1.03 bits per heavy atom. The summed E-state index contributed by atoms with van der Waals surface area (Å²) in [5.74, 6) is 2.05. The normalized spacial score (nSPS) is 16.4. The van der Waals surface area contributed by atoms with E-state index in [0.717, 1.165) is 22.3 Å². The summed E-state index contributed by atoms with van der Waals surface area (Å²) < 4.78 is 17.2. The molecule has 1 N–H and O–H groups in total. The highest BCUT2D eigenvalue weighted by molar-refractivity contribution is 6.01. The third kappa shape index (κ3) is 4.31. The van der Waals surface area contributed by atoms with E-state index in [1.165, 1.54) is 0 Å². The highest BCUT2D eigenvalue weighted by Crippen LogP contribution is 2.44. The fourth-order valence-corrected chi connectivity index (χ4v) is 3.84. The van der Waals surface area contributed by atoms with Crippen LogP contribution in [0.4, 0.5) is 0 Å². The van der Waals surface area contributed by atoms with E-state index in [2.05, 4.69) is 6.08 Å². The Balaban J connectivity index is 1.76. The van der Waals surface area contributed by atoms with Crippen LogP contribution in [0.1, 0.15) is 67.3 Å². The fraction of sp³-hybridized carbons (Fsp3) is 0.346. The quantitative estimate of drug-likeness (QED) is 0.615. The van der Waals surface area contributed by atoms with Gasteiger partial charge in [-0.05, 0) is 69.9 Å². The van der Waals surface area contributed by atoms with E-state index in [1.54, 1.807) is 6.07 Å². The number of hydrogen-bond acceptors (Lipinski definition) is 5. The number of aromatic hydroxyl groups is 1. The van der Waals surface area contributed by atoms with Crippen LogP contribution < -0.4 is 14.2 Å². The van der Waals surface area contributed by atoms with Crippen molar-refractivity contribution >= 4 is 5.78 Å². The Kier molecular flexibility index (Phi) is 5.77. The lowest BCUT2D eigenvalue weighted by Crippen LogP contribution is -2.22.